The van der Waals surface area contributed by atoms with E-state index in [4.69, 9.17) is 16.3 Å². The molecule has 1 heterocycles. The lowest BCUT2D eigenvalue weighted by molar-refractivity contribution is 0.0944. The summed E-state index contributed by atoms with van der Waals surface area (Å²) in [4.78, 5) is 12.8. The van der Waals surface area contributed by atoms with Crippen molar-refractivity contribution in [3.05, 3.63) is 65.3 Å². The van der Waals surface area contributed by atoms with Gasteiger partial charge in [0.2, 0.25) is 0 Å². The van der Waals surface area contributed by atoms with Crippen LogP contribution in [0.2, 0.25) is 5.02 Å². The van der Waals surface area contributed by atoms with Crippen LogP contribution in [0.4, 0.5) is 0 Å². The van der Waals surface area contributed by atoms with Crippen molar-refractivity contribution in [3.63, 3.8) is 0 Å². The number of aromatic nitrogens is 2. The van der Waals surface area contributed by atoms with Crippen molar-refractivity contribution in [1.82, 2.24) is 15.1 Å². The number of methoxy groups -OCH3 is 1. The van der Waals surface area contributed by atoms with Gasteiger partial charge in [-0.25, -0.2) is 4.68 Å². The maximum Gasteiger partial charge on any atom is 0.270 e. The maximum absolute atomic E-state index is 12.8. The van der Waals surface area contributed by atoms with E-state index in [1.165, 1.54) is 0 Å². The number of amides is 1. The first-order valence-electron chi connectivity index (χ1n) is 9.26. The Hall–Kier alpha value is -2.79. The summed E-state index contributed by atoms with van der Waals surface area (Å²) >= 11 is 6.01. The first kappa shape index (κ1) is 20.0. The first-order chi connectivity index (χ1) is 13.5. The molecule has 0 atom stereocenters. The van der Waals surface area contributed by atoms with Crippen LogP contribution in [-0.2, 0) is 0 Å². The Balaban J connectivity index is 1.99. The van der Waals surface area contributed by atoms with Gasteiger partial charge in [0.1, 0.15) is 11.4 Å². The predicted octanol–water partition coefficient (Wildman–Crippen LogP) is 4.98. The summed E-state index contributed by atoms with van der Waals surface area (Å²) in [6, 6.07) is 16.7. The molecule has 0 aliphatic heterocycles. The van der Waals surface area contributed by atoms with Gasteiger partial charge >= 0.3 is 0 Å². The molecule has 5 nitrogen and oxygen atoms in total. The second-order valence-corrected chi connectivity index (χ2v) is 7.41. The smallest absolute Gasteiger partial charge is 0.270 e. The summed E-state index contributed by atoms with van der Waals surface area (Å²) < 4.78 is 6.95. The molecule has 6 heteroatoms. The van der Waals surface area contributed by atoms with E-state index in [1.807, 2.05) is 36.4 Å². The van der Waals surface area contributed by atoms with Gasteiger partial charge in [-0.05, 0) is 54.8 Å². The van der Waals surface area contributed by atoms with Crippen LogP contribution in [0.1, 0.15) is 30.8 Å². The SMILES string of the molecule is COc1cccc(-c2cc(C(=O)NCCC(C)C)n(-c3ccc(Cl)cc3)n2)c1. The van der Waals surface area contributed by atoms with Crippen molar-refractivity contribution >= 4 is 17.5 Å². The average molecular weight is 398 g/mol. The number of carbonyl (C=O) groups excluding carboxylic acids is 1. The Morgan fingerprint density at radius 2 is 1.93 bits per heavy atom. The molecule has 0 aliphatic rings. The van der Waals surface area contributed by atoms with Crippen LogP contribution in [-0.4, -0.2) is 29.3 Å². The lowest BCUT2D eigenvalue weighted by Gasteiger charge is -2.09. The number of carbonyl (C=O) groups is 1. The molecule has 0 unspecified atom stereocenters. The van der Waals surface area contributed by atoms with Crippen molar-refractivity contribution in [1.29, 1.82) is 0 Å². The molecule has 2 aromatic carbocycles. The molecule has 1 aromatic heterocycles. The minimum Gasteiger partial charge on any atom is -0.497 e. The van der Waals surface area contributed by atoms with Crippen molar-refractivity contribution < 1.29 is 9.53 Å². The van der Waals surface area contributed by atoms with E-state index < -0.39 is 0 Å². The van der Waals surface area contributed by atoms with Crippen LogP contribution in [0.25, 0.3) is 16.9 Å². The average Bonchev–Trinajstić information content (AvgIpc) is 3.14. The predicted molar refractivity (Wildman–Crippen MR) is 112 cm³/mol. The number of hydrogen-bond donors (Lipinski definition) is 1. The summed E-state index contributed by atoms with van der Waals surface area (Å²) in [6.45, 7) is 4.88. The molecule has 146 valence electrons. The van der Waals surface area contributed by atoms with E-state index in [1.54, 1.807) is 30.0 Å². The van der Waals surface area contributed by atoms with Crippen LogP contribution < -0.4 is 10.1 Å². The van der Waals surface area contributed by atoms with Gasteiger partial charge in [-0.2, -0.15) is 5.10 Å². The van der Waals surface area contributed by atoms with Crippen molar-refractivity contribution in [2.75, 3.05) is 13.7 Å². The Morgan fingerprint density at radius 1 is 1.18 bits per heavy atom. The van der Waals surface area contributed by atoms with Crippen LogP contribution in [0.5, 0.6) is 5.75 Å². The third-order valence-electron chi connectivity index (χ3n) is 4.39. The van der Waals surface area contributed by atoms with Crippen LogP contribution in [0, 0.1) is 5.92 Å². The number of benzene rings is 2. The molecule has 0 radical (unpaired) electrons. The molecular weight excluding hydrogens is 374 g/mol. The summed E-state index contributed by atoms with van der Waals surface area (Å²) in [6.07, 6.45) is 0.920. The molecule has 28 heavy (non-hydrogen) atoms. The molecule has 1 N–H and O–H groups in total. The summed E-state index contributed by atoms with van der Waals surface area (Å²) in [5.74, 6) is 1.10. The topological polar surface area (TPSA) is 56.1 Å². The van der Waals surface area contributed by atoms with E-state index in [9.17, 15) is 4.79 Å². The van der Waals surface area contributed by atoms with E-state index in [0.717, 1.165) is 23.4 Å². The van der Waals surface area contributed by atoms with Gasteiger partial charge in [0.25, 0.3) is 5.91 Å². The fourth-order valence-corrected chi connectivity index (χ4v) is 2.94. The molecule has 3 aromatic rings. The highest BCUT2D eigenvalue weighted by Crippen LogP contribution is 2.25. The molecule has 0 saturated carbocycles. The molecule has 1 amide bonds. The molecule has 0 spiro atoms. The van der Waals surface area contributed by atoms with E-state index in [2.05, 4.69) is 24.3 Å². The van der Waals surface area contributed by atoms with Crippen molar-refractivity contribution in [3.8, 4) is 22.7 Å². The first-order valence-corrected chi connectivity index (χ1v) is 9.64. The second kappa shape index (κ2) is 8.93. The Bertz CT molecular complexity index is 949. The standard InChI is InChI=1S/C22H24ClN3O2/c1-15(2)11-12-24-22(27)21-14-20(16-5-4-6-19(13-16)28-3)25-26(21)18-9-7-17(23)8-10-18/h4-10,13-15H,11-12H2,1-3H3,(H,24,27). The van der Waals surface area contributed by atoms with Crippen LogP contribution in [0.15, 0.2) is 54.6 Å². The van der Waals surface area contributed by atoms with Crippen molar-refractivity contribution in [2.45, 2.75) is 20.3 Å². The van der Waals surface area contributed by atoms with Gasteiger partial charge in [0.15, 0.2) is 0 Å². The van der Waals surface area contributed by atoms with Crippen molar-refractivity contribution in [2.24, 2.45) is 5.92 Å². The Morgan fingerprint density at radius 3 is 2.61 bits per heavy atom. The number of nitrogens with zero attached hydrogens (tertiary/aromatic N) is 2. The Labute approximate surface area is 170 Å². The molecule has 0 bridgehead atoms. The summed E-state index contributed by atoms with van der Waals surface area (Å²) in [5.41, 5.74) is 2.82. The summed E-state index contributed by atoms with van der Waals surface area (Å²) in [5, 5.41) is 8.30. The van der Waals surface area contributed by atoms with Gasteiger partial charge in [0.05, 0.1) is 18.5 Å². The van der Waals surface area contributed by atoms with Gasteiger partial charge in [-0.15, -0.1) is 0 Å². The number of ether oxygens (including phenoxy) is 1. The fourth-order valence-electron chi connectivity index (χ4n) is 2.81. The monoisotopic (exact) mass is 397 g/mol. The second-order valence-electron chi connectivity index (χ2n) is 6.97. The molecule has 0 fully saturated rings. The van der Waals surface area contributed by atoms with Crippen LogP contribution in [0.3, 0.4) is 0 Å². The highest BCUT2D eigenvalue weighted by Gasteiger charge is 2.18. The zero-order valence-corrected chi connectivity index (χ0v) is 17.0. The lowest BCUT2D eigenvalue weighted by Crippen LogP contribution is -2.27. The van der Waals surface area contributed by atoms with Gasteiger partial charge < -0.3 is 10.1 Å². The van der Waals surface area contributed by atoms with E-state index >= 15 is 0 Å². The van der Waals surface area contributed by atoms with Gasteiger partial charge in [0, 0.05) is 17.1 Å². The zero-order chi connectivity index (χ0) is 20.1. The summed E-state index contributed by atoms with van der Waals surface area (Å²) in [7, 11) is 1.62. The molecule has 0 aliphatic carbocycles. The molecule has 0 saturated heterocycles. The highest BCUT2D eigenvalue weighted by molar-refractivity contribution is 6.30. The number of hydrogen-bond acceptors (Lipinski definition) is 3. The minimum atomic E-state index is -0.155. The third-order valence-corrected chi connectivity index (χ3v) is 4.64. The number of nitrogens with one attached hydrogen (secondary N) is 1. The fraction of sp³-hybridized carbons (Fsp3) is 0.273. The van der Waals surface area contributed by atoms with Gasteiger partial charge in [-0.1, -0.05) is 37.6 Å². The van der Waals surface area contributed by atoms with Gasteiger partial charge in [-0.3, -0.25) is 4.79 Å². The van der Waals surface area contributed by atoms with Crippen LogP contribution >= 0.6 is 11.6 Å². The number of rotatable bonds is 7. The Kier molecular flexibility index (Phi) is 6.37. The largest absolute Gasteiger partial charge is 0.497 e. The lowest BCUT2D eigenvalue weighted by atomic mass is 10.1. The number of halogens is 1. The highest BCUT2D eigenvalue weighted by atomic mass is 35.5. The van der Waals surface area contributed by atoms with E-state index in [0.29, 0.717) is 28.9 Å². The minimum absolute atomic E-state index is 0.155. The maximum atomic E-state index is 12.8. The molecular formula is C22H24ClN3O2. The molecule has 3 rings (SSSR count). The third kappa shape index (κ3) is 4.73. The zero-order valence-electron chi connectivity index (χ0n) is 16.3. The quantitative estimate of drug-likeness (QED) is 0.611. The van der Waals surface area contributed by atoms with E-state index in [-0.39, 0.29) is 5.91 Å². The normalized spacial score (nSPS) is 10.9.